The normalized spacial score (nSPS) is 25.1. The van der Waals surface area contributed by atoms with E-state index in [4.69, 9.17) is 59.0 Å². The second-order valence-corrected chi connectivity index (χ2v) is 20.8. The molecule has 2 aromatic rings. The number of hydrogen-bond acceptors (Lipinski definition) is 20. The van der Waals surface area contributed by atoms with Gasteiger partial charge in [-0.05, 0) is 44.9 Å². The number of rotatable bonds is 28. The molecule has 2 saturated heterocycles. The van der Waals surface area contributed by atoms with Crippen molar-refractivity contribution in [3.63, 3.8) is 0 Å². The minimum Gasteiger partial charge on any atom is -0.495 e. The maximum Gasteiger partial charge on any atom is 0.409 e. The number of likely N-dealkylation sites (N-methyl/N-ethyl adjacent to an activating group) is 1. The standard InChI is InChI=1S/C55H77ClN8O18/c1-35-10-9-11-43(74-8)55(72)32-42(80-53(71)58-55)36(2)51-54(4,82-51)44(31-49(69)62(6)40-29-38(28-35)30-41(73-7)50(40)56)81-52(70)37(3)61(5)46(66)15-19-75-21-18-63-33-39(59-60-63)34-79-27-26-78-25-24-77-23-22-76-20-16-57-45(65)14-17-64-47(67)12-13-48(64)68/h9-13,29-30,33,36-37,42-44,51,72H,14-28,31-32,34H2,1-8H3,(H,57,65)(H,58,71)/b11-9+,35-10+/t36-,37+,42+,43?,44+,51+,54-,55+/m1/s1. The van der Waals surface area contributed by atoms with Gasteiger partial charge < -0.3 is 67.6 Å². The summed E-state index contributed by atoms with van der Waals surface area (Å²) in [6.07, 6.45) is 4.54. The van der Waals surface area contributed by atoms with Crippen LogP contribution in [0.15, 0.2) is 54.3 Å². The summed E-state index contributed by atoms with van der Waals surface area (Å²) < 4.78 is 58.9. The lowest BCUT2D eigenvalue weighted by Gasteiger charge is -2.42. The molecule has 26 nitrogen and oxygen atoms in total. The van der Waals surface area contributed by atoms with Crippen molar-refractivity contribution >= 4 is 58.9 Å². The molecule has 452 valence electrons. The molecular weight excluding hydrogens is 1100 g/mol. The number of alkyl carbamates (subject to hydrolysis) is 1. The monoisotopic (exact) mass is 1170 g/mol. The van der Waals surface area contributed by atoms with Gasteiger partial charge in [-0.1, -0.05) is 47.5 Å². The molecule has 82 heavy (non-hydrogen) atoms. The second-order valence-electron chi connectivity index (χ2n) is 20.4. The van der Waals surface area contributed by atoms with E-state index >= 15 is 0 Å². The number of hydrogen-bond donors (Lipinski definition) is 3. The summed E-state index contributed by atoms with van der Waals surface area (Å²) in [5.41, 5.74) is -0.524. The van der Waals surface area contributed by atoms with Crippen LogP contribution in [0.4, 0.5) is 10.5 Å². The number of ether oxygens (including phenoxy) is 10. The van der Waals surface area contributed by atoms with Gasteiger partial charge in [0.2, 0.25) is 17.7 Å². The Balaban J connectivity index is 0.905. The predicted molar refractivity (Wildman–Crippen MR) is 292 cm³/mol. The molecule has 0 radical (unpaired) electrons. The molecule has 1 unspecified atom stereocenters. The van der Waals surface area contributed by atoms with Crippen molar-refractivity contribution in [2.24, 2.45) is 5.92 Å². The van der Waals surface area contributed by atoms with Gasteiger partial charge in [-0.3, -0.25) is 34.2 Å². The Bertz CT molecular complexity index is 2630. The van der Waals surface area contributed by atoms with E-state index in [2.05, 4.69) is 20.9 Å². The Morgan fingerprint density at radius 1 is 0.951 bits per heavy atom. The third kappa shape index (κ3) is 18.1. The number of anilines is 1. The summed E-state index contributed by atoms with van der Waals surface area (Å²) >= 11 is 6.82. The van der Waals surface area contributed by atoms with E-state index in [0.717, 1.165) is 16.0 Å². The number of nitrogens with zero attached hydrogens (tertiary/aromatic N) is 6. The molecule has 0 aliphatic carbocycles. The fraction of sp³-hybridized carbons (Fsp3) is 0.618. The maximum atomic E-state index is 14.3. The first-order valence-corrected chi connectivity index (χ1v) is 27.5. The fourth-order valence-corrected chi connectivity index (χ4v) is 9.69. The third-order valence-corrected chi connectivity index (χ3v) is 14.8. The number of benzene rings is 1. The van der Waals surface area contributed by atoms with Gasteiger partial charge in [0.1, 0.15) is 46.4 Å². The SMILES string of the molecule is COc1cc2cc(c1Cl)N(C)C(=O)C[C@H](OC(=O)[C@H](C)N(C)C(=O)CCOCCn1cc(COCCOCCOCCOCCNC(=O)CCN3C(=O)C=CC3=O)nn1)[C@@]1(C)O[C@H]1[C@H](C)[C@@H]1C[C@@](O)(NC(=O)O1)C(OC)/C=C/C=C(\C)C2. The quantitative estimate of drug-likeness (QED) is 0.0476. The van der Waals surface area contributed by atoms with E-state index in [1.165, 1.54) is 50.1 Å². The van der Waals surface area contributed by atoms with Crippen molar-refractivity contribution in [1.82, 2.24) is 35.4 Å². The molecule has 5 heterocycles. The molecule has 4 aliphatic rings. The second kappa shape index (κ2) is 30.8. The lowest BCUT2D eigenvalue weighted by molar-refractivity contribution is -0.162. The number of aromatic nitrogens is 3. The zero-order valence-electron chi connectivity index (χ0n) is 47.8. The van der Waals surface area contributed by atoms with E-state index in [9.17, 15) is 38.7 Å². The lowest BCUT2D eigenvalue weighted by Crippen LogP contribution is -2.63. The van der Waals surface area contributed by atoms with Gasteiger partial charge in [-0.2, -0.15) is 0 Å². The predicted octanol–water partition coefficient (Wildman–Crippen LogP) is 2.21. The molecule has 0 spiro atoms. The highest BCUT2D eigenvalue weighted by molar-refractivity contribution is 6.35. The third-order valence-electron chi connectivity index (χ3n) is 14.4. The number of amides is 6. The average molecular weight is 1170 g/mol. The highest BCUT2D eigenvalue weighted by Gasteiger charge is 2.64. The molecule has 4 bridgehead atoms. The number of carbonyl (C=O) groups excluding carboxylic acids is 7. The summed E-state index contributed by atoms with van der Waals surface area (Å²) in [5.74, 6) is -3.05. The van der Waals surface area contributed by atoms with E-state index in [1.54, 1.807) is 56.1 Å². The van der Waals surface area contributed by atoms with Gasteiger partial charge in [-0.15, -0.1) is 5.10 Å². The zero-order valence-corrected chi connectivity index (χ0v) is 48.5. The summed E-state index contributed by atoms with van der Waals surface area (Å²) in [5, 5.41) is 25.5. The number of imide groups is 1. The molecule has 6 rings (SSSR count). The van der Waals surface area contributed by atoms with Gasteiger partial charge in [0.25, 0.3) is 11.8 Å². The Kier molecular flexibility index (Phi) is 24.3. The summed E-state index contributed by atoms with van der Waals surface area (Å²) in [6.45, 7) is 10.3. The molecule has 3 N–H and O–H groups in total. The van der Waals surface area contributed by atoms with E-state index in [0.29, 0.717) is 69.7 Å². The molecule has 27 heteroatoms. The minimum atomic E-state index is -1.87. The van der Waals surface area contributed by atoms with Crippen LogP contribution in [0.1, 0.15) is 64.6 Å². The Labute approximate surface area is 481 Å². The first-order valence-electron chi connectivity index (χ1n) is 27.1. The van der Waals surface area contributed by atoms with Crippen LogP contribution in [-0.4, -0.2) is 214 Å². The van der Waals surface area contributed by atoms with Crippen LogP contribution in [0.5, 0.6) is 5.75 Å². The van der Waals surface area contributed by atoms with Gasteiger partial charge in [0.05, 0.1) is 111 Å². The Morgan fingerprint density at radius 2 is 1.62 bits per heavy atom. The zero-order chi connectivity index (χ0) is 59.6. The van der Waals surface area contributed by atoms with Crippen LogP contribution in [0.2, 0.25) is 5.02 Å². The Morgan fingerprint density at radius 3 is 2.30 bits per heavy atom. The molecule has 4 aliphatic heterocycles. The molecule has 1 aromatic heterocycles. The van der Waals surface area contributed by atoms with Crippen molar-refractivity contribution < 1.29 is 86.0 Å². The van der Waals surface area contributed by atoms with E-state index in [1.807, 2.05) is 13.0 Å². The first-order chi connectivity index (χ1) is 39.2. The molecule has 1 aromatic carbocycles. The van der Waals surface area contributed by atoms with Gasteiger partial charge in [-0.25, -0.2) is 14.3 Å². The minimum absolute atomic E-state index is 0.0151. The van der Waals surface area contributed by atoms with Gasteiger partial charge in [0.15, 0.2) is 5.72 Å². The summed E-state index contributed by atoms with van der Waals surface area (Å²) in [4.78, 5) is 93.5. The fourth-order valence-electron chi connectivity index (χ4n) is 9.38. The molecular formula is C55H77ClN8O18. The van der Waals surface area contributed by atoms with Gasteiger partial charge >= 0.3 is 12.1 Å². The smallest absolute Gasteiger partial charge is 0.409 e. The first kappa shape index (κ1) is 64.8. The van der Waals surface area contributed by atoms with Crippen molar-refractivity contribution in [2.45, 2.75) is 115 Å². The van der Waals surface area contributed by atoms with Crippen LogP contribution in [-0.2, 0) is 91.0 Å². The van der Waals surface area contributed by atoms with Crippen LogP contribution in [0.25, 0.3) is 0 Å². The molecule has 2 fully saturated rings. The number of allylic oxidation sites excluding steroid dienone is 3. The molecule has 0 saturated carbocycles. The number of nitrogens with one attached hydrogen (secondary N) is 2. The number of carbonyl (C=O) groups is 7. The highest BCUT2D eigenvalue weighted by Crippen LogP contribution is 2.49. The number of fused-ring (bicyclic) bond motifs is 5. The maximum absolute atomic E-state index is 14.3. The number of methoxy groups -OCH3 is 2. The topological polar surface area (TPSA) is 300 Å². The van der Waals surface area contributed by atoms with Crippen LogP contribution in [0, 0.1) is 5.92 Å². The Hall–Kier alpha value is -6.36. The summed E-state index contributed by atoms with van der Waals surface area (Å²) in [6, 6.07) is 2.45. The number of aliphatic hydroxyl groups is 1. The average Bonchev–Trinajstić information content (AvgIpc) is 4.02. The molecule has 8 atom stereocenters. The highest BCUT2D eigenvalue weighted by atomic mass is 35.5. The van der Waals surface area contributed by atoms with E-state index < -0.39 is 83.4 Å². The van der Waals surface area contributed by atoms with Crippen molar-refractivity contribution in [3.05, 3.63) is 70.6 Å². The van der Waals surface area contributed by atoms with Crippen molar-refractivity contribution in [3.8, 4) is 5.75 Å². The van der Waals surface area contributed by atoms with Gasteiger partial charge in [0, 0.05) is 65.2 Å². The lowest BCUT2D eigenvalue weighted by atomic mass is 9.83. The van der Waals surface area contributed by atoms with Crippen molar-refractivity contribution in [1.29, 1.82) is 0 Å². The van der Waals surface area contributed by atoms with Crippen LogP contribution in [0.3, 0.4) is 0 Å². The van der Waals surface area contributed by atoms with Crippen LogP contribution < -0.4 is 20.3 Å². The summed E-state index contributed by atoms with van der Waals surface area (Å²) in [7, 11) is 5.92. The van der Waals surface area contributed by atoms with E-state index in [-0.39, 0.29) is 76.1 Å². The molecule has 6 amide bonds. The largest absolute Gasteiger partial charge is 0.495 e. The number of esters is 1. The van der Waals surface area contributed by atoms with Crippen LogP contribution >= 0.6 is 11.6 Å². The number of halogens is 1. The number of epoxide rings is 1. The van der Waals surface area contributed by atoms with Crippen molar-refractivity contribution in [2.75, 3.05) is 106 Å².